The van der Waals surface area contributed by atoms with E-state index >= 15 is 0 Å². The van der Waals surface area contributed by atoms with E-state index in [1.54, 1.807) is 13.3 Å². The van der Waals surface area contributed by atoms with Crippen molar-refractivity contribution in [3.63, 3.8) is 0 Å². The van der Waals surface area contributed by atoms with Crippen molar-refractivity contribution in [3.8, 4) is 5.75 Å². The van der Waals surface area contributed by atoms with Crippen LogP contribution in [0.5, 0.6) is 5.75 Å². The summed E-state index contributed by atoms with van der Waals surface area (Å²) in [7, 11) is 1.73. The van der Waals surface area contributed by atoms with Gasteiger partial charge in [-0.1, -0.05) is 37.5 Å². The molecule has 1 saturated carbocycles. The van der Waals surface area contributed by atoms with Crippen LogP contribution in [0.15, 0.2) is 48.7 Å². The summed E-state index contributed by atoms with van der Waals surface area (Å²) in [5.41, 5.74) is 1.16. The molecule has 37 heavy (non-hydrogen) atoms. The van der Waals surface area contributed by atoms with Gasteiger partial charge in [-0.3, -0.25) is 14.6 Å². The van der Waals surface area contributed by atoms with Crippen LogP contribution in [0.2, 0.25) is 0 Å². The summed E-state index contributed by atoms with van der Waals surface area (Å²) in [6, 6.07) is 14.0. The van der Waals surface area contributed by atoms with Crippen molar-refractivity contribution in [2.75, 3.05) is 56.2 Å². The fourth-order valence-electron chi connectivity index (χ4n) is 4.77. The first-order chi connectivity index (χ1) is 17.9. The summed E-state index contributed by atoms with van der Waals surface area (Å²) in [5, 5.41) is 14.8. The Bertz CT molecular complexity index is 1010. The Morgan fingerprint density at radius 1 is 0.946 bits per heavy atom. The molecule has 2 fully saturated rings. The third kappa shape index (κ3) is 8.18. The van der Waals surface area contributed by atoms with Gasteiger partial charge in [-0.25, -0.2) is 14.6 Å². The van der Waals surface area contributed by atoms with Crippen LogP contribution >= 0.6 is 0 Å². The number of pyridine rings is 1. The number of aromatic nitrogens is 1. The van der Waals surface area contributed by atoms with Crippen molar-refractivity contribution in [2.24, 2.45) is 5.92 Å². The van der Waals surface area contributed by atoms with Crippen molar-refractivity contribution in [2.45, 2.75) is 32.1 Å². The first-order valence-corrected chi connectivity index (χ1v) is 12.7. The third-order valence-corrected chi connectivity index (χ3v) is 6.77. The normalized spacial score (nSPS) is 16.3. The van der Waals surface area contributed by atoms with E-state index < -0.39 is 11.9 Å². The average Bonchev–Trinajstić information content (AvgIpc) is 2.94. The Kier molecular flexibility index (Phi) is 10.7. The van der Waals surface area contributed by atoms with Crippen LogP contribution in [-0.4, -0.2) is 84.3 Å². The number of methoxy groups -OCH3 is 1. The van der Waals surface area contributed by atoms with E-state index in [0.29, 0.717) is 6.54 Å². The number of carbonyl (C=O) groups is 3. The molecular formula is C27H36N4O6. The summed E-state index contributed by atoms with van der Waals surface area (Å²) in [6.45, 7) is 5.44. The van der Waals surface area contributed by atoms with Crippen LogP contribution in [0.25, 0.3) is 0 Å². The van der Waals surface area contributed by atoms with Crippen molar-refractivity contribution in [1.29, 1.82) is 0 Å². The van der Waals surface area contributed by atoms with E-state index in [0.717, 1.165) is 75.7 Å². The highest BCUT2D eigenvalue weighted by molar-refractivity contribution is 6.27. The fourth-order valence-corrected chi connectivity index (χ4v) is 4.77. The lowest BCUT2D eigenvalue weighted by Crippen LogP contribution is -2.50. The van der Waals surface area contributed by atoms with Gasteiger partial charge in [0, 0.05) is 51.4 Å². The van der Waals surface area contributed by atoms with Crippen molar-refractivity contribution in [1.82, 2.24) is 9.88 Å². The number of anilines is 2. The molecule has 1 aliphatic heterocycles. The van der Waals surface area contributed by atoms with Crippen molar-refractivity contribution in [3.05, 3.63) is 48.7 Å². The van der Waals surface area contributed by atoms with Gasteiger partial charge in [0.05, 0.1) is 12.8 Å². The Balaban J connectivity index is 0.000000568. The number of rotatable bonds is 7. The molecule has 10 heteroatoms. The second kappa shape index (κ2) is 14.2. The van der Waals surface area contributed by atoms with Gasteiger partial charge in [-0.2, -0.15) is 0 Å². The third-order valence-electron chi connectivity index (χ3n) is 6.77. The van der Waals surface area contributed by atoms with Gasteiger partial charge in [0.1, 0.15) is 11.6 Å². The highest BCUT2D eigenvalue weighted by Gasteiger charge is 2.28. The van der Waals surface area contributed by atoms with Gasteiger partial charge in [0.25, 0.3) is 0 Å². The summed E-state index contributed by atoms with van der Waals surface area (Å²) in [4.78, 5) is 42.8. The quantitative estimate of drug-likeness (QED) is 0.539. The summed E-state index contributed by atoms with van der Waals surface area (Å²) in [5.74, 6) is -1.53. The second-order valence-electron chi connectivity index (χ2n) is 9.12. The van der Waals surface area contributed by atoms with Crippen LogP contribution in [0.3, 0.4) is 0 Å². The molecule has 2 heterocycles. The molecule has 1 aromatic carbocycles. The monoisotopic (exact) mass is 512 g/mol. The number of ether oxygens (including phenoxy) is 1. The van der Waals surface area contributed by atoms with Gasteiger partial charge in [0.15, 0.2) is 0 Å². The topological polar surface area (TPSA) is 124 Å². The second-order valence-corrected chi connectivity index (χ2v) is 9.12. The summed E-state index contributed by atoms with van der Waals surface area (Å²) >= 11 is 0. The zero-order valence-electron chi connectivity index (χ0n) is 21.3. The molecule has 4 rings (SSSR count). The van der Waals surface area contributed by atoms with Crippen LogP contribution in [-0.2, 0) is 14.4 Å². The molecule has 1 amide bonds. The van der Waals surface area contributed by atoms with Gasteiger partial charge < -0.3 is 19.8 Å². The standard InChI is InChI=1S/C25H34N4O2.C2H2O4/c1-31-23-12-6-5-11-22(23)28-18-15-27(16-19-28)17-20-29(24-13-7-8-14-26-24)25(30)21-9-3-2-4-10-21;3-1(4)2(5)6/h5-8,11-14,21H,2-4,9-10,15-20H2,1H3;(H,3,4)(H,5,6). The summed E-state index contributed by atoms with van der Waals surface area (Å²) in [6.07, 6.45) is 7.39. The van der Waals surface area contributed by atoms with Crippen LogP contribution in [0.4, 0.5) is 11.5 Å². The molecule has 0 radical (unpaired) electrons. The maximum absolute atomic E-state index is 13.3. The highest BCUT2D eigenvalue weighted by atomic mass is 16.5. The molecule has 2 aromatic rings. The molecule has 0 atom stereocenters. The number of carbonyl (C=O) groups excluding carboxylic acids is 1. The number of hydrogen-bond acceptors (Lipinski definition) is 7. The minimum atomic E-state index is -1.82. The highest BCUT2D eigenvalue weighted by Crippen LogP contribution is 2.29. The minimum absolute atomic E-state index is 0.151. The van der Waals surface area contributed by atoms with Crippen molar-refractivity contribution < 1.29 is 29.3 Å². The Hall–Kier alpha value is -3.66. The number of carboxylic acids is 2. The van der Waals surface area contributed by atoms with E-state index in [1.807, 2.05) is 35.2 Å². The zero-order chi connectivity index (χ0) is 26.6. The Morgan fingerprint density at radius 3 is 2.19 bits per heavy atom. The van der Waals surface area contributed by atoms with E-state index in [2.05, 4.69) is 26.9 Å². The molecular weight excluding hydrogens is 476 g/mol. The smallest absolute Gasteiger partial charge is 0.414 e. The number of aliphatic carboxylic acids is 2. The predicted octanol–water partition coefficient (Wildman–Crippen LogP) is 2.98. The minimum Gasteiger partial charge on any atom is -0.495 e. The number of carboxylic acid groups (broad SMARTS) is 2. The molecule has 2 aliphatic rings. The van der Waals surface area contributed by atoms with Crippen molar-refractivity contribution >= 4 is 29.4 Å². The van der Waals surface area contributed by atoms with Gasteiger partial charge in [-0.05, 0) is 37.1 Å². The lowest BCUT2D eigenvalue weighted by Gasteiger charge is -2.37. The molecule has 0 unspecified atom stereocenters. The van der Waals surface area contributed by atoms with E-state index in [4.69, 9.17) is 24.5 Å². The lowest BCUT2D eigenvalue weighted by molar-refractivity contribution is -0.159. The maximum atomic E-state index is 13.3. The van der Waals surface area contributed by atoms with E-state index in [1.165, 1.54) is 6.42 Å². The number of amides is 1. The largest absolute Gasteiger partial charge is 0.495 e. The molecule has 1 aliphatic carbocycles. The lowest BCUT2D eigenvalue weighted by atomic mass is 9.88. The van der Waals surface area contributed by atoms with Crippen LogP contribution < -0.4 is 14.5 Å². The Labute approximate surface area is 217 Å². The number of para-hydroxylation sites is 2. The maximum Gasteiger partial charge on any atom is 0.414 e. The van der Waals surface area contributed by atoms with Gasteiger partial charge >= 0.3 is 11.9 Å². The number of nitrogens with zero attached hydrogens (tertiary/aromatic N) is 4. The van der Waals surface area contributed by atoms with E-state index in [9.17, 15) is 4.79 Å². The number of hydrogen-bond donors (Lipinski definition) is 2. The molecule has 10 nitrogen and oxygen atoms in total. The predicted molar refractivity (Wildman–Crippen MR) is 140 cm³/mol. The summed E-state index contributed by atoms with van der Waals surface area (Å²) < 4.78 is 5.53. The first kappa shape index (κ1) is 27.9. The first-order valence-electron chi connectivity index (χ1n) is 12.7. The van der Waals surface area contributed by atoms with E-state index in [-0.39, 0.29) is 11.8 Å². The molecule has 200 valence electrons. The molecule has 1 aromatic heterocycles. The molecule has 0 bridgehead atoms. The number of benzene rings is 1. The van der Waals surface area contributed by atoms with Gasteiger partial charge in [-0.15, -0.1) is 0 Å². The fraction of sp³-hybridized carbons (Fsp3) is 0.481. The molecule has 2 N–H and O–H groups in total. The van der Waals surface area contributed by atoms with Gasteiger partial charge in [0.2, 0.25) is 5.91 Å². The Morgan fingerprint density at radius 2 is 1.59 bits per heavy atom. The number of piperazine rings is 1. The van der Waals surface area contributed by atoms with Crippen LogP contribution in [0, 0.1) is 5.92 Å². The molecule has 1 saturated heterocycles. The SMILES string of the molecule is COc1ccccc1N1CCN(CCN(C(=O)C2CCCCC2)c2ccccn2)CC1.O=C(O)C(=O)O. The average molecular weight is 513 g/mol. The van der Waals surface area contributed by atoms with Crippen LogP contribution in [0.1, 0.15) is 32.1 Å². The zero-order valence-corrected chi connectivity index (χ0v) is 21.3. The molecule has 0 spiro atoms.